The van der Waals surface area contributed by atoms with Crippen molar-refractivity contribution in [3.63, 3.8) is 0 Å². The van der Waals surface area contributed by atoms with Gasteiger partial charge in [0.15, 0.2) is 0 Å². The molecule has 180 valence electrons. The lowest BCUT2D eigenvalue weighted by Crippen LogP contribution is -2.44. The summed E-state index contributed by atoms with van der Waals surface area (Å²) in [6.07, 6.45) is 0.871. The third-order valence-corrected chi connectivity index (χ3v) is 7.33. The van der Waals surface area contributed by atoms with Crippen molar-refractivity contribution in [3.8, 4) is 0 Å². The van der Waals surface area contributed by atoms with Crippen LogP contribution in [0.4, 0.5) is 5.69 Å². The summed E-state index contributed by atoms with van der Waals surface area (Å²) in [5, 5.41) is 5.06. The minimum Gasteiger partial charge on any atom is -0.379 e. The lowest BCUT2D eigenvalue weighted by Gasteiger charge is -2.31. The second-order valence-electron chi connectivity index (χ2n) is 9.10. The van der Waals surface area contributed by atoms with E-state index in [4.69, 9.17) is 4.74 Å². The molecule has 4 rings (SSSR count). The number of thioether (sulfide) groups is 1. The highest BCUT2D eigenvalue weighted by Crippen LogP contribution is 2.44. The molecule has 2 heterocycles. The number of nitrogens with zero attached hydrogens (tertiary/aromatic N) is 2. The zero-order chi connectivity index (χ0) is 24.4. The second-order valence-corrected chi connectivity index (χ2v) is 10.1. The highest BCUT2D eigenvalue weighted by atomic mass is 32.2. The molecule has 0 fully saturated rings. The van der Waals surface area contributed by atoms with E-state index in [1.165, 1.54) is 11.8 Å². The Kier molecular flexibility index (Phi) is 7.33. The topological polar surface area (TPSA) is 63.6 Å². The van der Waals surface area contributed by atoms with Crippen molar-refractivity contribution >= 4 is 40.2 Å². The van der Waals surface area contributed by atoms with Crippen LogP contribution in [0.3, 0.4) is 0 Å². The Morgan fingerprint density at radius 3 is 2.74 bits per heavy atom. The fourth-order valence-corrected chi connectivity index (χ4v) is 5.58. The molecule has 0 spiro atoms. The van der Waals surface area contributed by atoms with Crippen molar-refractivity contribution in [2.45, 2.75) is 51.3 Å². The Balaban J connectivity index is 1.80. The van der Waals surface area contributed by atoms with Crippen LogP contribution < -0.4 is 10.2 Å². The average Bonchev–Trinajstić information content (AvgIpc) is 2.98. The molecule has 2 amide bonds. The summed E-state index contributed by atoms with van der Waals surface area (Å²) in [6, 6.07) is 13.4. The minimum absolute atomic E-state index is 0.0673. The van der Waals surface area contributed by atoms with Gasteiger partial charge in [0.05, 0.1) is 16.9 Å². The van der Waals surface area contributed by atoms with Gasteiger partial charge < -0.3 is 14.6 Å². The molecule has 6 nitrogen and oxygen atoms in total. The van der Waals surface area contributed by atoms with Crippen LogP contribution in [-0.2, 0) is 21.4 Å². The number of hydrogen-bond donors (Lipinski definition) is 1. The number of benzene rings is 2. The lowest BCUT2D eigenvalue weighted by molar-refractivity contribution is -0.125. The first-order chi connectivity index (χ1) is 16.3. The number of carbonyl (C=O) groups excluding carboxylic acids is 2. The standard InChI is InChI=1S/C27H33N3O3S/c1-17(2)33-14-8-13-28-26(32)25-24-20-9-6-7-10-21(20)29(5)27(24)34-16-23(31)30(25)22-15-18(3)11-12-19(22)4/h6-7,9-12,15,17,25H,8,13-14,16H2,1-5H3,(H,28,32)/t25-/m1/s1. The van der Waals surface area contributed by atoms with Gasteiger partial charge in [-0.25, -0.2) is 0 Å². The number of rotatable bonds is 7. The van der Waals surface area contributed by atoms with Crippen LogP contribution in [0.1, 0.15) is 43.0 Å². The van der Waals surface area contributed by atoms with Crippen LogP contribution in [0.2, 0.25) is 0 Å². The molecule has 0 bridgehead atoms. The highest BCUT2D eigenvalue weighted by Gasteiger charge is 2.40. The molecule has 2 aromatic carbocycles. The SMILES string of the molecule is Cc1ccc(C)c(N2C(=O)CSc3c(c4ccccc4n3C)[C@@H]2C(=O)NCCCOC(C)C)c1. The number of para-hydroxylation sites is 1. The van der Waals surface area contributed by atoms with Gasteiger partial charge in [-0.15, -0.1) is 0 Å². The Morgan fingerprint density at radius 2 is 1.97 bits per heavy atom. The normalized spacial score (nSPS) is 16.1. The van der Waals surface area contributed by atoms with E-state index in [9.17, 15) is 9.59 Å². The fourth-order valence-electron chi connectivity index (χ4n) is 4.51. The molecule has 1 aliphatic heterocycles. The maximum atomic E-state index is 13.8. The average molecular weight is 480 g/mol. The van der Waals surface area contributed by atoms with Crippen molar-refractivity contribution in [1.29, 1.82) is 0 Å². The fraction of sp³-hybridized carbons (Fsp3) is 0.407. The van der Waals surface area contributed by atoms with Crippen molar-refractivity contribution in [2.24, 2.45) is 7.05 Å². The van der Waals surface area contributed by atoms with E-state index in [1.54, 1.807) is 4.90 Å². The molecule has 1 aromatic heterocycles. The first-order valence-electron chi connectivity index (χ1n) is 11.8. The number of carbonyl (C=O) groups is 2. The van der Waals surface area contributed by atoms with Crippen molar-refractivity contribution in [1.82, 2.24) is 9.88 Å². The molecule has 0 unspecified atom stereocenters. The number of hydrogen-bond acceptors (Lipinski definition) is 4. The van der Waals surface area contributed by atoms with Crippen LogP contribution in [0.25, 0.3) is 10.9 Å². The molecule has 0 saturated carbocycles. The Morgan fingerprint density at radius 1 is 1.21 bits per heavy atom. The Bertz CT molecular complexity index is 1220. The smallest absolute Gasteiger partial charge is 0.247 e. The van der Waals surface area contributed by atoms with Crippen LogP contribution in [0.15, 0.2) is 47.5 Å². The third-order valence-electron chi connectivity index (χ3n) is 6.17. The number of aromatic nitrogens is 1. The molecule has 0 aliphatic carbocycles. The van der Waals surface area contributed by atoms with Crippen molar-refractivity contribution < 1.29 is 14.3 Å². The lowest BCUT2D eigenvalue weighted by atomic mass is 10.0. The highest BCUT2D eigenvalue weighted by molar-refractivity contribution is 8.00. The van der Waals surface area contributed by atoms with Gasteiger partial charge in [-0.1, -0.05) is 42.1 Å². The molecule has 3 aromatic rings. The van der Waals surface area contributed by atoms with Gasteiger partial charge >= 0.3 is 0 Å². The molecule has 7 heteroatoms. The molecule has 1 N–H and O–H groups in total. The van der Waals surface area contributed by atoms with Crippen LogP contribution in [0.5, 0.6) is 0 Å². The predicted octanol–water partition coefficient (Wildman–Crippen LogP) is 4.91. The molecular weight excluding hydrogens is 446 g/mol. The van der Waals surface area contributed by atoms with E-state index in [-0.39, 0.29) is 23.7 Å². The molecule has 34 heavy (non-hydrogen) atoms. The van der Waals surface area contributed by atoms with E-state index in [1.807, 2.05) is 71.1 Å². The molecule has 1 aliphatic rings. The van der Waals surface area contributed by atoms with Crippen LogP contribution >= 0.6 is 11.8 Å². The first kappa shape index (κ1) is 24.4. The van der Waals surface area contributed by atoms with E-state index < -0.39 is 6.04 Å². The summed E-state index contributed by atoms with van der Waals surface area (Å²) >= 11 is 1.51. The van der Waals surface area contributed by atoms with E-state index in [2.05, 4.69) is 16.0 Å². The largest absolute Gasteiger partial charge is 0.379 e. The summed E-state index contributed by atoms with van der Waals surface area (Å²) in [5.41, 5.74) is 4.75. The molecule has 0 saturated heterocycles. The molecule has 1 atom stereocenters. The van der Waals surface area contributed by atoms with Gasteiger partial charge in [0.25, 0.3) is 0 Å². The zero-order valence-corrected chi connectivity index (χ0v) is 21.4. The van der Waals surface area contributed by atoms with Crippen molar-refractivity contribution in [2.75, 3.05) is 23.8 Å². The Labute approximate surface area is 205 Å². The van der Waals surface area contributed by atoms with Gasteiger partial charge in [0.1, 0.15) is 6.04 Å². The molecule has 0 radical (unpaired) electrons. The van der Waals surface area contributed by atoms with E-state index >= 15 is 0 Å². The number of ether oxygens (including phenoxy) is 1. The van der Waals surface area contributed by atoms with Crippen LogP contribution in [0, 0.1) is 13.8 Å². The van der Waals surface area contributed by atoms with Gasteiger partial charge in [-0.2, -0.15) is 0 Å². The van der Waals surface area contributed by atoms with E-state index in [0.29, 0.717) is 19.6 Å². The quantitative estimate of drug-likeness (QED) is 0.489. The Hall–Kier alpha value is -2.77. The van der Waals surface area contributed by atoms with Crippen LogP contribution in [-0.4, -0.2) is 41.4 Å². The van der Waals surface area contributed by atoms with Gasteiger partial charge in [0.2, 0.25) is 11.8 Å². The summed E-state index contributed by atoms with van der Waals surface area (Å²) in [7, 11) is 2.00. The molecular formula is C27H33N3O3S. The minimum atomic E-state index is -0.755. The number of nitrogens with one attached hydrogen (secondary N) is 1. The zero-order valence-electron chi connectivity index (χ0n) is 20.6. The monoisotopic (exact) mass is 479 g/mol. The van der Waals surface area contributed by atoms with Gasteiger partial charge in [-0.05, 0) is 57.4 Å². The van der Waals surface area contributed by atoms with Gasteiger partial charge in [-0.3, -0.25) is 14.5 Å². The summed E-state index contributed by atoms with van der Waals surface area (Å²) in [5.74, 6) is 0.0393. The van der Waals surface area contributed by atoms with Crippen molar-refractivity contribution in [3.05, 3.63) is 59.2 Å². The third kappa shape index (κ3) is 4.72. The second kappa shape index (κ2) is 10.2. The number of fused-ring (bicyclic) bond motifs is 3. The van der Waals surface area contributed by atoms with E-state index in [0.717, 1.165) is 38.3 Å². The maximum absolute atomic E-state index is 13.8. The summed E-state index contributed by atoms with van der Waals surface area (Å²) in [4.78, 5) is 29.1. The van der Waals surface area contributed by atoms with Gasteiger partial charge in [0, 0.05) is 42.4 Å². The number of anilines is 1. The first-order valence-corrected chi connectivity index (χ1v) is 12.8. The summed E-state index contributed by atoms with van der Waals surface area (Å²) in [6.45, 7) is 9.06. The predicted molar refractivity (Wildman–Crippen MR) is 139 cm³/mol. The maximum Gasteiger partial charge on any atom is 0.247 e. The number of aryl methyl sites for hydroxylation is 3. The summed E-state index contributed by atoms with van der Waals surface area (Å²) < 4.78 is 7.72. The number of amides is 2.